The van der Waals surface area contributed by atoms with Crippen LogP contribution >= 0.6 is 106 Å². The number of carbonyl (C=O) groups is 1. The zero-order chi connectivity index (χ0) is 26.5. The average Bonchev–Trinajstić information content (AvgIpc) is 2.86. The molecule has 0 aliphatic rings. The van der Waals surface area contributed by atoms with E-state index in [2.05, 4.69) is 6.92 Å². The molecule has 2 unspecified atom stereocenters. The van der Waals surface area contributed by atoms with Gasteiger partial charge in [0.2, 0.25) is 0 Å². The molecule has 0 bridgehead atoms. The summed E-state index contributed by atoms with van der Waals surface area (Å²) in [6, 6.07) is 0. The molecule has 0 spiro atoms. The highest BCUT2D eigenvalue weighted by Crippen LogP contribution is 2.22. The first-order valence-corrected chi connectivity index (χ1v) is 24.9. The Hall–Kier alpha value is 3.08. The largest absolute Gasteiger partial charge is 0.396 e. The van der Waals surface area contributed by atoms with Gasteiger partial charge in [0.15, 0.2) is 5.12 Å². The summed E-state index contributed by atoms with van der Waals surface area (Å²) >= 11 is 16.2. The lowest BCUT2D eigenvalue weighted by Gasteiger charge is -2.04. The topological polar surface area (TPSA) is 71.4 Å². The van der Waals surface area contributed by atoms with Crippen LogP contribution in [0.1, 0.15) is 26.2 Å². The van der Waals surface area contributed by atoms with E-state index < -0.39 is 21.6 Å². The molecule has 0 rings (SSSR count). The minimum absolute atomic E-state index is 0.213. The van der Waals surface area contributed by atoms with Crippen molar-refractivity contribution in [3.63, 3.8) is 0 Å². The number of hydrogen-bond donors (Lipinski definition) is 1. The van der Waals surface area contributed by atoms with Crippen LogP contribution in [0.4, 0.5) is 0 Å². The first kappa shape index (κ1) is 39.1. The molecule has 0 heterocycles. The van der Waals surface area contributed by atoms with Crippen molar-refractivity contribution < 1.29 is 18.3 Å². The Morgan fingerprint density at radius 2 is 1.25 bits per heavy atom. The van der Waals surface area contributed by atoms with Gasteiger partial charge in [-0.15, -0.1) is 47.0 Å². The molecule has 216 valence electrons. The Balaban J connectivity index is 3.26. The van der Waals surface area contributed by atoms with Gasteiger partial charge < -0.3 is 5.11 Å². The molecule has 0 saturated carbocycles. The van der Waals surface area contributed by atoms with Gasteiger partial charge in [0.25, 0.3) is 0 Å². The number of hydrogen-bond acceptors (Lipinski definition) is 13. The van der Waals surface area contributed by atoms with E-state index in [0.29, 0.717) is 16.6 Å². The van der Waals surface area contributed by atoms with E-state index in [0.717, 1.165) is 90.0 Å². The van der Waals surface area contributed by atoms with E-state index in [9.17, 15) is 13.2 Å². The molecule has 1 N–H and O–H groups in total. The van der Waals surface area contributed by atoms with Crippen LogP contribution in [0.25, 0.3) is 0 Å². The highest BCUT2D eigenvalue weighted by molar-refractivity contribution is 8.23. The molecule has 0 saturated heterocycles. The summed E-state index contributed by atoms with van der Waals surface area (Å²) in [4.78, 5) is 12.0. The maximum Gasteiger partial charge on any atom is 0.189 e. The lowest BCUT2D eigenvalue weighted by atomic mass is 10.5. The van der Waals surface area contributed by atoms with Gasteiger partial charge in [-0.3, -0.25) is 13.2 Å². The van der Waals surface area contributed by atoms with Crippen molar-refractivity contribution in [1.29, 1.82) is 0 Å². The van der Waals surface area contributed by atoms with Gasteiger partial charge in [-0.25, -0.2) is 0 Å². The maximum absolute atomic E-state index is 12.0. The molecule has 15 heteroatoms. The molecular weight excluding hydrogens is 669 g/mol. The zero-order valence-electron chi connectivity index (χ0n) is 21.1. The summed E-state index contributed by atoms with van der Waals surface area (Å²) in [5.74, 6) is 8.05. The summed E-state index contributed by atoms with van der Waals surface area (Å²) in [6.07, 6.45) is 2.65. The average molecular weight is 711 g/mol. The third-order valence-corrected chi connectivity index (χ3v) is 18.4. The van der Waals surface area contributed by atoms with Crippen LogP contribution in [0, 0.1) is 0 Å². The standard InChI is InChI=1S/C21H42O4S11/c1-2-12-35(24)14-11-30-18-32-17-29-9-10-34-21(23)4-7-27-16-31-15-26-6-3-13-36(25)20-33-19-28-8-5-22/h22H,2-20H2,1H3. The number of aliphatic hydroxyl groups excluding tert-OH is 1. The molecule has 0 aromatic rings. The SMILES string of the molecule is CCCS(=O)CCSCSCSCCSC(=O)CCSCSCSCCCS(=O)CSCSCCO. The highest BCUT2D eigenvalue weighted by atomic mass is 32.3. The second kappa shape index (κ2) is 32.6. The molecule has 0 fully saturated rings. The van der Waals surface area contributed by atoms with Crippen LogP contribution in [0.15, 0.2) is 0 Å². The molecule has 0 aliphatic carbocycles. The van der Waals surface area contributed by atoms with Crippen molar-refractivity contribution in [3.05, 3.63) is 0 Å². The van der Waals surface area contributed by atoms with E-state index >= 15 is 0 Å². The monoisotopic (exact) mass is 710 g/mol. The fourth-order valence-corrected chi connectivity index (χ4v) is 15.5. The molecule has 2 atom stereocenters. The summed E-state index contributed by atoms with van der Waals surface area (Å²) in [7, 11) is -1.37. The second-order valence-electron chi connectivity index (χ2n) is 6.90. The van der Waals surface area contributed by atoms with Crippen molar-refractivity contribution in [1.82, 2.24) is 0 Å². The third kappa shape index (κ3) is 31.6. The molecule has 36 heavy (non-hydrogen) atoms. The number of thioether (sulfide) groups is 9. The van der Waals surface area contributed by atoms with Crippen LogP contribution in [-0.2, 0) is 26.4 Å². The number of rotatable bonds is 29. The highest BCUT2D eigenvalue weighted by Gasteiger charge is 2.04. The fraction of sp³-hybridized carbons (Fsp3) is 0.952. The van der Waals surface area contributed by atoms with E-state index in [1.807, 2.05) is 70.6 Å². The first-order chi connectivity index (χ1) is 17.6. The van der Waals surface area contributed by atoms with E-state index in [1.54, 1.807) is 23.5 Å². The normalized spacial score (nSPS) is 13.2. The Morgan fingerprint density at radius 3 is 1.94 bits per heavy atom. The van der Waals surface area contributed by atoms with Gasteiger partial charge in [0, 0.05) is 99.5 Å². The lowest BCUT2D eigenvalue weighted by Crippen LogP contribution is -2.03. The predicted molar refractivity (Wildman–Crippen MR) is 189 cm³/mol. The maximum atomic E-state index is 12.0. The summed E-state index contributed by atoms with van der Waals surface area (Å²) < 4.78 is 23.5. The van der Waals surface area contributed by atoms with Crippen molar-refractivity contribution in [2.24, 2.45) is 0 Å². The van der Waals surface area contributed by atoms with Crippen molar-refractivity contribution in [3.8, 4) is 0 Å². The van der Waals surface area contributed by atoms with E-state index in [1.165, 1.54) is 11.8 Å². The van der Waals surface area contributed by atoms with Crippen molar-refractivity contribution in [2.45, 2.75) is 26.2 Å². The van der Waals surface area contributed by atoms with Crippen LogP contribution in [-0.4, -0.2) is 108 Å². The second-order valence-corrected chi connectivity index (χ2v) is 22.0. The van der Waals surface area contributed by atoms with Gasteiger partial charge in [-0.05, 0) is 18.6 Å². The van der Waals surface area contributed by atoms with Crippen LogP contribution in [0.2, 0.25) is 0 Å². The van der Waals surface area contributed by atoms with Gasteiger partial charge in [0.1, 0.15) is 0 Å². The summed E-state index contributed by atoms with van der Waals surface area (Å²) in [5.41, 5.74) is 0. The van der Waals surface area contributed by atoms with Crippen LogP contribution in [0.3, 0.4) is 0 Å². The molecule has 4 nitrogen and oxygen atoms in total. The first-order valence-electron chi connectivity index (χ1n) is 11.7. The third-order valence-electron chi connectivity index (χ3n) is 3.77. The van der Waals surface area contributed by atoms with E-state index in [4.69, 9.17) is 5.11 Å². The van der Waals surface area contributed by atoms with Crippen LogP contribution in [0.5, 0.6) is 0 Å². The Morgan fingerprint density at radius 1 is 0.639 bits per heavy atom. The zero-order valence-corrected chi connectivity index (χ0v) is 30.1. The molecule has 0 amide bonds. The van der Waals surface area contributed by atoms with Gasteiger partial charge in [-0.1, -0.05) is 18.7 Å². The fourth-order valence-electron chi connectivity index (χ4n) is 2.15. The Bertz CT molecular complexity index is 544. The van der Waals surface area contributed by atoms with Crippen LogP contribution < -0.4 is 0 Å². The Kier molecular flexibility index (Phi) is 35.4. The molecule has 0 aromatic heterocycles. The summed E-state index contributed by atoms with van der Waals surface area (Å²) in [6.45, 7) is 2.29. The minimum Gasteiger partial charge on any atom is -0.396 e. The van der Waals surface area contributed by atoms with Gasteiger partial charge in [0.05, 0.1) is 11.7 Å². The van der Waals surface area contributed by atoms with E-state index in [-0.39, 0.29) is 6.61 Å². The molecule has 0 aliphatic heterocycles. The number of carbonyl (C=O) groups excluding carboxylic acids is 1. The lowest BCUT2D eigenvalue weighted by molar-refractivity contribution is -0.110. The molecule has 0 radical (unpaired) electrons. The molecule has 0 aromatic carbocycles. The Labute approximate surface area is 263 Å². The van der Waals surface area contributed by atoms with Gasteiger partial charge >= 0.3 is 0 Å². The summed E-state index contributed by atoms with van der Waals surface area (Å²) in [5, 5.41) is 14.8. The van der Waals surface area contributed by atoms with Gasteiger partial charge in [-0.2, -0.15) is 47.0 Å². The minimum atomic E-state index is -0.733. The molecular formula is C21H42O4S11. The smallest absolute Gasteiger partial charge is 0.189 e. The quantitative estimate of drug-likeness (QED) is 0.0676. The van der Waals surface area contributed by atoms with Crippen molar-refractivity contribution in [2.75, 3.05) is 88.9 Å². The number of aliphatic hydroxyl groups is 1. The van der Waals surface area contributed by atoms with Crippen molar-refractivity contribution >= 4 is 133 Å². The predicted octanol–water partition coefficient (Wildman–Crippen LogP) is 6.54.